The maximum atomic E-state index is 11.7. The van der Waals surface area contributed by atoms with Gasteiger partial charge < -0.3 is 11.1 Å². The van der Waals surface area contributed by atoms with Gasteiger partial charge in [-0.05, 0) is 25.5 Å². The van der Waals surface area contributed by atoms with Crippen LogP contribution >= 0.6 is 11.8 Å². The first-order valence-electron chi connectivity index (χ1n) is 6.69. The van der Waals surface area contributed by atoms with Crippen LogP contribution < -0.4 is 11.1 Å². The predicted octanol–water partition coefficient (Wildman–Crippen LogP) is 2.30. The normalized spacial score (nSPS) is 20.9. The minimum absolute atomic E-state index is 0.00610. The van der Waals surface area contributed by atoms with Crippen LogP contribution in [0.2, 0.25) is 0 Å². The number of carbonyl (C=O) groups is 1. The number of hydrogen-bond acceptors (Lipinski definition) is 3. The van der Waals surface area contributed by atoms with E-state index in [-0.39, 0.29) is 16.7 Å². The Bertz CT molecular complexity index is 240. The topological polar surface area (TPSA) is 55.1 Å². The summed E-state index contributed by atoms with van der Waals surface area (Å²) in [5, 5.41) is 3.07. The first-order chi connectivity index (χ1) is 8.12. The van der Waals surface area contributed by atoms with Gasteiger partial charge in [-0.2, -0.15) is 11.8 Å². The Balaban J connectivity index is 2.34. The Hall–Kier alpha value is -0.220. The van der Waals surface area contributed by atoms with E-state index in [4.69, 9.17) is 5.73 Å². The molecule has 0 saturated heterocycles. The number of thioether (sulfide) groups is 1. The van der Waals surface area contributed by atoms with Crippen LogP contribution in [0.25, 0.3) is 0 Å². The lowest BCUT2D eigenvalue weighted by atomic mass is 9.88. The summed E-state index contributed by atoms with van der Waals surface area (Å²) in [5.74, 6) is 0.110. The SMILES string of the molecule is CCC(N)CC(=O)NCC1(SC)CCCCC1. The zero-order chi connectivity index (χ0) is 12.7. The van der Waals surface area contributed by atoms with E-state index in [9.17, 15) is 4.79 Å². The van der Waals surface area contributed by atoms with Crippen molar-refractivity contribution in [2.24, 2.45) is 5.73 Å². The van der Waals surface area contributed by atoms with Crippen LogP contribution in [-0.2, 0) is 4.79 Å². The van der Waals surface area contributed by atoms with Crippen molar-refractivity contribution in [2.75, 3.05) is 12.8 Å². The zero-order valence-electron chi connectivity index (χ0n) is 11.1. The highest BCUT2D eigenvalue weighted by Gasteiger charge is 2.31. The van der Waals surface area contributed by atoms with E-state index < -0.39 is 0 Å². The number of carbonyl (C=O) groups excluding carboxylic acids is 1. The Kier molecular flexibility index (Phi) is 6.34. The molecule has 1 aliphatic carbocycles. The van der Waals surface area contributed by atoms with Crippen molar-refractivity contribution < 1.29 is 4.79 Å². The molecular weight excluding hydrogens is 232 g/mol. The highest BCUT2D eigenvalue weighted by atomic mass is 32.2. The van der Waals surface area contributed by atoms with Gasteiger partial charge in [-0.25, -0.2) is 0 Å². The Morgan fingerprint density at radius 2 is 2.06 bits per heavy atom. The molecule has 3 N–H and O–H groups in total. The molecule has 1 unspecified atom stereocenters. The zero-order valence-corrected chi connectivity index (χ0v) is 11.9. The lowest BCUT2D eigenvalue weighted by Gasteiger charge is -2.36. The summed E-state index contributed by atoms with van der Waals surface area (Å²) in [6.45, 7) is 2.83. The summed E-state index contributed by atoms with van der Waals surface area (Å²) in [5.41, 5.74) is 5.78. The molecule has 100 valence electrons. The fourth-order valence-corrected chi connectivity index (χ4v) is 3.28. The second kappa shape index (κ2) is 7.27. The third-order valence-electron chi connectivity index (χ3n) is 3.78. The number of rotatable bonds is 6. The Morgan fingerprint density at radius 3 is 2.59 bits per heavy atom. The maximum Gasteiger partial charge on any atom is 0.221 e. The van der Waals surface area contributed by atoms with Crippen LogP contribution in [0.5, 0.6) is 0 Å². The molecule has 4 heteroatoms. The Morgan fingerprint density at radius 1 is 1.41 bits per heavy atom. The first-order valence-corrected chi connectivity index (χ1v) is 7.92. The molecule has 0 bridgehead atoms. The fourth-order valence-electron chi connectivity index (χ4n) is 2.36. The maximum absolute atomic E-state index is 11.7. The van der Waals surface area contributed by atoms with Crippen molar-refractivity contribution >= 4 is 17.7 Å². The van der Waals surface area contributed by atoms with Gasteiger partial charge in [-0.1, -0.05) is 26.2 Å². The van der Waals surface area contributed by atoms with Crippen molar-refractivity contribution in [2.45, 2.75) is 62.7 Å². The highest BCUT2D eigenvalue weighted by Crippen LogP contribution is 2.37. The molecular formula is C13H26N2OS. The Labute approximate surface area is 109 Å². The van der Waals surface area contributed by atoms with E-state index in [1.807, 2.05) is 18.7 Å². The van der Waals surface area contributed by atoms with Gasteiger partial charge in [0.05, 0.1) is 0 Å². The lowest BCUT2D eigenvalue weighted by Crippen LogP contribution is -2.43. The molecule has 0 aromatic heterocycles. The molecule has 0 radical (unpaired) electrons. The van der Waals surface area contributed by atoms with E-state index in [0.29, 0.717) is 6.42 Å². The van der Waals surface area contributed by atoms with E-state index in [0.717, 1.165) is 13.0 Å². The largest absolute Gasteiger partial charge is 0.355 e. The van der Waals surface area contributed by atoms with Gasteiger partial charge in [0.15, 0.2) is 0 Å². The van der Waals surface area contributed by atoms with E-state index in [1.54, 1.807) is 0 Å². The summed E-state index contributed by atoms with van der Waals surface area (Å²) < 4.78 is 0.282. The fraction of sp³-hybridized carbons (Fsp3) is 0.923. The van der Waals surface area contributed by atoms with Gasteiger partial charge in [0.2, 0.25) is 5.91 Å². The van der Waals surface area contributed by atoms with E-state index in [2.05, 4.69) is 11.6 Å². The van der Waals surface area contributed by atoms with Crippen LogP contribution in [-0.4, -0.2) is 29.5 Å². The highest BCUT2D eigenvalue weighted by molar-refractivity contribution is 8.00. The van der Waals surface area contributed by atoms with Crippen molar-refractivity contribution in [1.29, 1.82) is 0 Å². The van der Waals surface area contributed by atoms with Crippen LogP contribution in [0.4, 0.5) is 0 Å². The van der Waals surface area contributed by atoms with E-state index >= 15 is 0 Å². The van der Waals surface area contributed by atoms with Gasteiger partial charge in [-0.15, -0.1) is 0 Å². The van der Waals surface area contributed by atoms with E-state index in [1.165, 1.54) is 32.1 Å². The molecule has 0 heterocycles. The molecule has 17 heavy (non-hydrogen) atoms. The van der Waals surface area contributed by atoms with Crippen LogP contribution in [0.1, 0.15) is 51.9 Å². The quantitative estimate of drug-likeness (QED) is 0.768. The van der Waals surface area contributed by atoms with Gasteiger partial charge >= 0.3 is 0 Å². The van der Waals surface area contributed by atoms with Gasteiger partial charge in [0, 0.05) is 23.8 Å². The summed E-state index contributed by atoms with van der Waals surface area (Å²) in [4.78, 5) is 11.7. The van der Waals surface area contributed by atoms with Crippen molar-refractivity contribution in [3.05, 3.63) is 0 Å². The molecule has 1 rings (SSSR count). The average molecular weight is 258 g/mol. The van der Waals surface area contributed by atoms with Gasteiger partial charge in [-0.3, -0.25) is 4.79 Å². The van der Waals surface area contributed by atoms with Crippen molar-refractivity contribution in [3.63, 3.8) is 0 Å². The minimum atomic E-state index is 0.00610. The van der Waals surface area contributed by atoms with Crippen molar-refractivity contribution in [1.82, 2.24) is 5.32 Å². The minimum Gasteiger partial charge on any atom is -0.355 e. The second-order valence-corrected chi connectivity index (χ2v) is 6.37. The van der Waals surface area contributed by atoms with Crippen LogP contribution in [0.3, 0.4) is 0 Å². The summed E-state index contributed by atoms with van der Waals surface area (Å²) in [6.07, 6.45) is 9.88. The van der Waals surface area contributed by atoms with Crippen LogP contribution in [0.15, 0.2) is 0 Å². The molecule has 0 aliphatic heterocycles. The van der Waals surface area contributed by atoms with Crippen LogP contribution in [0, 0.1) is 0 Å². The number of amides is 1. The third kappa shape index (κ3) is 4.88. The smallest absolute Gasteiger partial charge is 0.221 e. The molecule has 0 aromatic rings. The van der Waals surface area contributed by atoms with Gasteiger partial charge in [0.1, 0.15) is 0 Å². The third-order valence-corrected chi connectivity index (χ3v) is 5.20. The molecule has 0 spiro atoms. The summed E-state index contributed by atoms with van der Waals surface area (Å²) in [6, 6.07) is 0.00610. The lowest BCUT2D eigenvalue weighted by molar-refractivity contribution is -0.121. The molecule has 1 aliphatic rings. The molecule has 1 atom stereocenters. The molecule has 1 amide bonds. The van der Waals surface area contributed by atoms with Crippen molar-refractivity contribution in [3.8, 4) is 0 Å². The molecule has 1 saturated carbocycles. The number of hydrogen-bond donors (Lipinski definition) is 2. The summed E-state index contributed by atoms with van der Waals surface area (Å²) in [7, 11) is 0. The summed E-state index contributed by atoms with van der Waals surface area (Å²) >= 11 is 1.91. The standard InChI is InChI=1S/C13H26N2OS/c1-3-11(14)9-12(16)15-10-13(17-2)7-5-4-6-8-13/h11H,3-10,14H2,1-2H3,(H,15,16). The first kappa shape index (κ1) is 14.8. The number of nitrogens with two attached hydrogens (primary N) is 1. The predicted molar refractivity (Wildman–Crippen MR) is 75.2 cm³/mol. The molecule has 3 nitrogen and oxygen atoms in total. The number of nitrogens with one attached hydrogen (secondary N) is 1. The second-order valence-electron chi connectivity index (χ2n) is 5.10. The molecule has 1 fully saturated rings. The average Bonchev–Trinajstić information content (AvgIpc) is 2.37. The monoisotopic (exact) mass is 258 g/mol. The molecule has 0 aromatic carbocycles. The van der Waals surface area contributed by atoms with Gasteiger partial charge in [0.25, 0.3) is 0 Å².